The van der Waals surface area contributed by atoms with Gasteiger partial charge in [-0.25, -0.2) is 9.36 Å². The monoisotopic (exact) mass is 575 g/mol. The zero-order chi connectivity index (χ0) is 27.9. The van der Waals surface area contributed by atoms with Crippen LogP contribution in [0.25, 0.3) is 0 Å². The Morgan fingerprint density at radius 1 is 1.08 bits per heavy atom. The summed E-state index contributed by atoms with van der Waals surface area (Å²) in [5.74, 6) is 0.771. The smallest absolute Gasteiger partial charge is 0.474 e. The van der Waals surface area contributed by atoms with Gasteiger partial charge in [0.05, 0.1) is 24.2 Å². The number of hydrogen-bond donors (Lipinski definition) is 2. The molecule has 0 saturated carbocycles. The summed E-state index contributed by atoms with van der Waals surface area (Å²) in [6.07, 6.45) is 0.204. The van der Waals surface area contributed by atoms with E-state index in [9.17, 15) is 14.5 Å². The molecule has 0 bridgehead atoms. The Balaban J connectivity index is 2.18. The third-order valence-corrected chi connectivity index (χ3v) is 7.88. The molecule has 2 rings (SSSR count). The van der Waals surface area contributed by atoms with Crippen LogP contribution >= 0.6 is 31.2 Å². The molecule has 12 heteroatoms. The van der Waals surface area contributed by atoms with Crippen molar-refractivity contribution in [1.29, 1.82) is 0 Å². The zero-order valence-corrected chi connectivity index (χ0v) is 24.6. The summed E-state index contributed by atoms with van der Waals surface area (Å²) in [5, 5.41) is 13.5. The Morgan fingerprint density at radius 2 is 1.76 bits per heavy atom. The summed E-state index contributed by atoms with van der Waals surface area (Å²) in [6, 6.07) is 10.6. The number of ether oxygens (including phenoxy) is 2. The number of carbonyl (C=O) groups excluding carboxylic acids is 1. The maximum Gasteiger partial charge on any atom is 0.474 e. The van der Waals surface area contributed by atoms with E-state index in [4.69, 9.17) is 34.6 Å². The standard InChI is InChI=1S/C25H35ClNO8PS/c1-24(2,3)35-23(29)27-25(4,16-34-36(30,32-6)33-7)13-12-17-8-10-19(15-20(17)26)37-22-14-18(31-5)9-11-21(22)28/h8-11,14-15,28H,12-13,16H2,1-7H3,(H,27,29). The second-order valence-corrected chi connectivity index (χ2v) is 12.9. The van der Waals surface area contributed by atoms with Crippen LogP contribution in [0.2, 0.25) is 5.02 Å². The van der Waals surface area contributed by atoms with E-state index < -0.39 is 25.1 Å². The Hall–Kier alpha value is -1.94. The first-order valence-electron chi connectivity index (χ1n) is 11.4. The molecule has 0 spiro atoms. The molecular formula is C25H35ClNO8PS. The summed E-state index contributed by atoms with van der Waals surface area (Å²) in [4.78, 5) is 14.0. The quantitative estimate of drug-likeness (QED) is 0.263. The molecule has 2 aromatic carbocycles. The highest BCUT2D eigenvalue weighted by molar-refractivity contribution is 7.99. The van der Waals surface area contributed by atoms with Crippen molar-refractivity contribution in [1.82, 2.24) is 5.32 Å². The van der Waals surface area contributed by atoms with E-state index in [1.54, 1.807) is 59.1 Å². The largest absolute Gasteiger partial charge is 0.507 e. The topological polar surface area (TPSA) is 113 Å². The maximum atomic E-state index is 12.5. The lowest BCUT2D eigenvalue weighted by atomic mass is 9.94. The van der Waals surface area contributed by atoms with E-state index in [1.807, 2.05) is 12.1 Å². The molecule has 0 aliphatic carbocycles. The molecule has 206 valence electrons. The summed E-state index contributed by atoms with van der Waals surface area (Å²) >= 11 is 7.93. The number of halogens is 1. The van der Waals surface area contributed by atoms with Gasteiger partial charge in [-0.1, -0.05) is 29.4 Å². The number of hydrogen-bond acceptors (Lipinski definition) is 9. The fraction of sp³-hybridized carbons (Fsp3) is 0.480. The number of phenolic OH excluding ortho intramolecular Hbond substituents is 1. The number of methoxy groups -OCH3 is 1. The second kappa shape index (κ2) is 13.2. The molecule has 0 fully saturated rings. The maximum absolute atomic E-state index is 12.5. The van der Waals surface area contributed by atoms with Crippen LogP contribution in [0.1, 0.15) is 39.7 Å². The van der Waals surface area contributed by atoms with Crippen molar-refractivity contribution in [3.8, 4) is 11.5 Å². The molecular weight excluding hydrogens is 541 g/mol. The summed E-state index contributed by atoms with van der Waals surface area (Å²) in [7, 11) is 0.226. The number of phenols is 1. The van der Waals surface area contributed by atoms with Gasteiger partial charge < -0.3 is 19.9 Å². The van der Waals surface area contributed by atoms with Gasteiger partial charge in [-0.3, -0.25) is 13.6 Å². The van der Waals surface area contributed by atoms with Gasteiger partial charge in [-0.15, -0.1) is 0 Å². The predicted molar refractivity (Wildman–Crippen MR) is 144 cm³/mol. The third-order valence-electron chi connectivity index (χ3n) is 5.16. The lowest BCUT2D eigenvalue weighted by Crippen LogP contribution is -2.51. The van der Waals surface area contributed by atoms with Crippen molar-refractivity contribution >= 4 is 37.3 Å². The van der Waals surface area contributed by atoms with Crippen molar-refractivity contribution in [2.24, 2.45) is 0 Å². The van der Waals surface area contributed by atoms with Gasteiger partial charge >= 0.3 is 13.9 Å². The number of benzene rings is 2. The first-order chi connectivity index (χ1) is 17.2. The minimum atomic E-state index is -3.77. The highest BCUT2D eigenvalue weighted by Gasteiger charge is 2.34. The van der Waals surface area contributed by atoms with E-state index >= 15 is 0 Å². The number of aryl methyl sites for hydroxylation is 1. The number of phosphoric acid groups is 1. The minimum Gasteiger partial charge on any atom is -0.507 e. The van der Waals surface area contributed by atoms with Crippen molar-refractivity contribution in [2.75, 3.05) is 27.9 Å². The van der Waals surface area contributed by atoms with Gasteiger partial charge in [-0.2, -0.15) is 0 Å². The summed E-state index contributed by atoms with van der Waals surface area (Å²) in [5.41, 5.74) is -0.855. The molecule has 9 nitrogen and oxygen atoms in total. The zero-order valence-electron chi connectivity index (χ0n) is 22.1. The fourth-order valence-corrected chi connectivity index (χ4v) is 5.21. The Morgan fingerprint density at radius 3 is 2.32 bits per heavy atom. The Kier molecular flexibility index (Phi) is 11.2. The first kappa shape index (κ1) is 31.3. The van der Waals surface area contributed by atoms with Crippen molar-refractivity contribution in [2.45, 2.75) is 61.5 Å². The number of alkyl carbamates (subject to hydrolysis) is 1. The molecule has 2 aromatic rings. The van der Waals surface area contributed by atoms with E-state index in [2.05, 4.69) is 5.32 Å². The SMILES string of the molecule is COc1ccc(O)c(Sc2ccc(CCC(C)(COP(=O)(OC)OC)NC(=O)OC(C)(C)C)c(Cl)c2)c1. The average Bonchev–Trinajstić information content (AvgIpc) is 2.82. The molecule has 0 aliphatic heterocycles. The molecule has 0 heterocycles. The van der Waals surface area contributed by atoms with Crippen LogP contribution in [0.3, 0.4) is 0 Å². The van der Waals surface area contributed by atoms with E-state index in [0.717, 1.165) is 10.5 Å². The van der Waals surface area contributed by atoms with Gasteiger partial charge in [0.1, 0.15) is 17.1 Å². The van der Waals surface area contributed by atoms with Gasteiger partial charge in [0.25, 0.3) is 0 Å². The highest BCUT2D eigenvalue weighted by atomic mass is 35.5. The Labute approximate surface area is 227 Å². The summed E-state index contributed by atoms with van der Waals surface area (Å²) in [6.45, 7) is 6.86. The number of nitrogens with one attached hydrogen (secondary N) is 1. The number of aromatic hydroxyl groups is 1. The lowest BCUT2D eigenvalue weighted by molar-refractivity contribution is 0.0389. The predicted octanol–water partition coefficient (Wildman–Crippen LogP) is 6.84. The minimum absolute atomic E-state index is 0.138. The molecule has 2 N–H and O–H groups in total. The molecule has 0 aromatic heterocycles. The van der Waals surface area contributed by atoms with Crippen molar-refractivity contribution in [3.05, 3.63) is 47.0 Å². The molecule has 1 amide bonds. The molecule has 1 unspecified atom stereocenters. The molecule has 0 radical (unpaired) electrons. The van der Waals surface area contributed by atoms with Crippen LogP contribution in [0, 0.1) is 0 Å². The van der Waals surface area contributed by atoms with E-state index in [-0.39, 0.29) is 12.4 Å². The number of amides is 1. The molecule has 37 heavy (non-hydrogen) atoms. The van der Waals surface area contributed by atoms with Crippen molar-refractivity contribution in [3.63, 3.8) is 0 Å². The van der Waals surface area contributed by atoms with Gasteiger partial charge in [0.2, 0.25) is 0 Å². The van der Waals surface area contributed by atoms with Gasteiger partial charge in [0.15, 0.2) is 0 Å². The molecule has 0 saturated heterocycles. The van der Waals surface area contributed by atoms with Gasteiger partial charge in [0, 0.05) is 24.1 Å². The molecule has 1 atom stereocenters. The number of carbonyl (C=O) groups is 1. The lowest BCUT2D eigenvalue weighted by Gasteiger charge is -2.32. The second-order valence-electron chi connectivity index (χ2n) is 9.46. The third kappa shape index (κ3) is 10.0. The first-order valence-corrected chi connectivity index (χ1v) is 14.1. The van der Waals surface area contributed by atoms with Crippen LogP contribution in [0.5, 0.6) is 11.5 Å². The fourth-order valence-electron chi connectivity index (χ4n) is 3.16. The van der Waals surface area contributed by atoms with Crippen molar-refractivity contribution < 1.29 is 37.5 Å². The number of phosphoric ester groups is 1. The highest BCUT2D eigenvalue weighted by Crippen LogP contribution is 2.48. The van der Waals surface area contributed by atoms with Crippen LogP contribution in [-0.4, -0.2) is 50.3 Å². The average molecular weight is 576 g/mol. The van der Waals surface area contributed by atoms with Gasteiger partial charge in [-0.05, 0) is 76.4 Å². The Bertz CT molecular complexity index is 1120. The van der Waals surface area contributed by atoms with Crippen LogP contribution in [0.15, 0.2) is 46.2 Å². The van der Waals surface area contributed by atoms with Crippen LogP contribution in [-0.2, 0) is 29.3 Å². The van der Waals surface area contributed by atoms with Crippen LogP contribution < -0.4 is 10.1 Å². The van der Waals surface area contributed by atoms with Crippen LogP contribution in [0.4, 0.5) is 4.79 Å². The normalized spacial score (nSPS) is 13.6. The number of rotatable bonds is 12. The van der Waals surface area contributed by atoms with E-state index in [0.29, 0.717) is 28.5 Å². The van der Waals surface area contributed by atoms with E-state index in [1.165, 1.54) is 26.0 Å². The molecule has 0 aliphatic rings. The summed E-state index contributed by atoms with van der Waals surface area (Å²) < 4.78 is 38.2.